The van der Waals surface area contributed by atoms with Gasteiger partial charge in [0, 0.05) is 19.7 Å². The number of benzene rings is 2. The number of hydrogen-bond donors (Lipinski definition) is 1. The van der Waals surface area contributed by atoms with Crippen LogP contribution in [0.25, 0.3) is 0 Å². The van der Waals surface area contributed by atoms with Crippen molar-refractivity contribution in [2.75, 3.05) is 31.2 Å². The van der Waals surface area contributed by atoms with Gasteiger partial charge in [-0.25, -0.2) is 8.42 Å². The van der Waals surface area contributed by atoms with E-state index in [2.05, 4.69) is 5.32 Å². The molecular formula is C20H26N2O5S. The second kappa shape index (κ2) is 10.1. The maximum Gasteiger partial charge on any atom is 0.264 e. The Morgan fingerprint density at radius 2 is 1.75 bits per heavy atom. The van der Waals surface area contributed by atoms with Crippen LogP contribution in [-0.4, -0.2) is 47.2 Å². The van der Waals surface area contributed by atoms with Crippen LogP contribution in [0.1, 0.15) is 13.8 Å². The first-order chi connectivity index (χ1) is 13.4. The molecule has 0 unspecified atom stereocenters. The normalized spacial score (nSPS) is 12.2. The smallest absolute Gasteiger partial charge is 0.264 e. The van der Waals surface area contributed by atoms with Crippen LogP contribution in [0.5, 0.6) is 5.75 Å². The van der Waals surface area contributed by atoms with Gasteiger partial charge in [0.2, 0.25) is 0 Å². The minimum atomic E-state index is -3.65. The summed E-state index contributed by atoms with van der Waals surface area (Å²) >= 11 is 0. The molecule has 0 aliphatic carbocycles. The highest BCUT2D eigenvalue weighted by molar-refractivity contribution is 7.92. The van der Waals surface area contributed by atoms with Crippen molar-refractivity contribution in [2.45, 2.75) is 24.8 Å². The number of nitrogens with one attached hydrogen (secondary N) is 1. The van der Waals surface area contributed by atoms with Gasteiger partial charge in [-0.3, -0.25) is 9.10 Å². The molecule has 8 heteroatoms. The summed E-state index contributed by atoms with van der Waals surface area (Å²) in [5.41, 5.74) is 0.525. The van der Waals surface area contributed by atoms with E-state index < -0.39 is 10.0 Å². The molecule has 2 aromatic carbocycles. The monoisotopic (exact) mass is 406 g/mol. The summed E-state index contributed by atoms with van der Waals surface area (Å²) in [6, 6.07) is 14.8. The van der Waals surface area contributed by atoms with Crippen molar-refractivity contribution in [3.8, 4) is 5.75 Å². The fourth-order valence-corrected chi connectivity index (χ4v) is 4.17. The molecule has 7 nitrogen and oxygen atoms in total. The second-order valence-corrected chi connectivity index (χ2v) is 8.05. The molecule has 0 fully saturated rings. The van der Waals surface area contributed by atoms with Crippen LogP contribution in [-0.2, 0) is 19.6 Å². The number of nitrogens with zero attached hydrogens (tertiary/aromatic N) is 1. The fourth-order valence-electron chi connectivity index (χ4n) is 2.68. The summed E-state index contributed by atoms with van der Waals surface area (Å²) in [6.45, 7) is 4.19. The zero-order valence-electron chi connectivity index (χ0n) is 16.3. The summed E-state index contributed by atoms with van der Waals surface area (Å²) in [6.07, 6.45) is 0. The van der Waals surface area contributed by atoms with Gasteiger partial charge in [0.05, 0.1) is 17.2 Å². The Balaban J connectivity index is 2.03. The van der Waals surface area contributed by atoms with Gasteiger partial charge < -0.3 is 14.8 Å². The van der Waals surface area contributed by atoms with E-state index in [9.17, 15) is 13.2 Å². The van der Waals surface area contributed by atoms with Crippen LogP contribution in [0.3, 0.4) is 0 Å². The number of carbonyl (C=O) groups excluding carboxylic acids is 1. The molecule has 1 atom stereocenters. The van der Waals surface area contributed by atoms with E-state index in [0.29, 0.717) is 18.0 Å². The van der Waals surface area contributed by atoms with Crippen LogP contribution >= 0.6 is 0 Å². The Kier molecular flexibility index (Phi) is 7.83. The van der Waals surface area contributed by atoms with Crippen molar-refractivity contribution in [1.29, 1.82) is 0 Å². The Morgan fingerprint density at radius 3 is 2.32 bits per heavy atom. The van der Waals surface area contributed by atoms with E-state index in [1.807, 2.05) is 6.92 Å². The third-order valence-electron chi connectivity index (χ3n) is 3.94. The first kappa shape index (κ1) is 21.7. The van der Waals surface area contributed by atoms with Crippen LogP contribution < -0.4 is 14.4 Å². The van der Waals surface area contributed by atoms with Crippen LogP contribution in [0.4, 0.5) is 5.69 Å². The molecule has 0 saturated heterocycles. The van der Waals surface area contributed by atoms with E-state index in [-0.39, 0.29) is 30.0 Å². The zero-order chi connectivity index (χ0) is 20.6. The maximum absolute atomic E-state index is 12.9. The van der Waals surface area contributed by atoms with Crippen molar-refractivity contribution >= 4 is 21.6 Å². The van der Waals surface area contributed by atoms with E-state index in [1.165, 1.54) is 4.31 Å². The largest absolute Gasteiger partial charge is 0.484 e. The molecule has 0 bridgehead atoms. The number of anilines is 1. The number of carbonyl (C=O) groups is 1. The van der Waals surface area contributed by atoms with Crippen LogP contribution in [0, 0.1) is 0 Å². The summed E-state index contributed by atoms with van der Waals surface area (Å²) < 4.78 is 37.5. The number of methoxy groups -OCH3 is 1. The second-order valence-electron chi connectivity index (χ2n) is 6.19. The molecule has 1 N–H and O–H groups in total. The van der Waals surface area contributed by atoms with Crippen molar-refractivity contribution in [3.63, 3.8) is 0 Å². The first-order valence-electron chi connectivity index (χ1n) is 8.97. The predicted octanol–water partition coefficient (Wildman–Crippen LogP) is 2.43. The molecule has 2 rings (SSSR count). The Morgan fingerprint density at radius 1 is 1.11 bits per heavy atom. The summed E-state index contributed by atoms with van der Waals surface area (Å²) in [7, 11) is -2.08. The number of sulfonamides is 1. The van der Waals surface area contributed by atoms with Gasteiger partial charge in [-0.1, -0.05) is 18.2 Å². The molecule has 0 aliphatic heterocycles. The lowest BCUT2D eigenvalue weighted by molar-refractivity contribution is -0.124. The average molecular weight is 407 g/mol. The average Bonchev–Trinajstić information content (AvgIpc) is 2.68. The van der Waals surface area contributed by atoms with Gasteiger partial charge in [-0.05, 0) is 50.2 Å². The van der Waals surface area contributed by atoms with E-state index in [4.69, 9.17) is 9.47 Å². The highest BCUT2D eigenvalue weighted by Crippen LogP contribution is 2.25. The highest BCUT2D eigenvalue weighted by Gasteiger charge is 2.23. The van der Waals surface area contributed by atoms with Crippen LogP contribution in [0.15, 0.2) is 59.5 Å². The lowest BCUT2D eigenvalue weighted by atomic mass is 10.3. The molecule has 152 valence electrons. The zero-order valence-corrected chi connectivity index (χ0v) is 17.1. The highest BCUT2D eigenvalue weighted by atomic mass is 32.2. The van der Waals surface area contributed by atoms with Crippen molar-refractivity contribution in [2.24, 2.45) is 0 Å². The molecule has 0 radical (unpaired) electrons. The molecule has 2 aromatic rings. The van der Waals surface area contributed by atoms with E-state index >= 15 is 0 Å². The minimum absolute atomic E-state index is 0.107. The molecule has 1 amide bonds. The molecule has 0 spiro atoms. The van der Waals surface area contributed by atoms with Crippen molar-refractivity contribution in [1.82, 2.24) is 5.32 Å². The topological polar surface area (TPSA) is 84.9 Å². The number of amides is 1. The Hall–Kier alpha value is -2.58. The summed E-state index contributed by atoms with van der Waals surface area (Å²) in [4.78, 5) is 12.1. The van der Waals surface area contributed by atoms with Gasteiger partial charge >= 0.3 is 0 Å². The molecule has 0 heterocycles. The standard InChI is InChI=1S/C20H26N2O5S/c1-4-22(28(24,25)19-8-6-5-7-9-19)17-10-12-18(13-11-17)27-15-20(23)21-16(2)14-26-3/h5-13,16H,4,14-15H2,1-3H3,(H,21,23)/t16-/m1/s1. The summed E-state index contributed by atoms with van der Waals surface area (Å²) in [5.74, 6) is 0.224. The lowest BCUT2D eigenvalue weighted by Gasteiger charge is -2.23. The van der Waals surface area contributed by atoms with Crippen molar-refractivity contribution in [3.05, 3.63) is 54.6 Å². The van der Waals surface area contributed by atoms with Gasteiger partial charge in [0.1, 0.15) is 5.75 Å². The molecule has 28 heavy (non-hydrogen) atoms. The summed E-state index contributed by atoms with van der Waals surface area (Å²) in [5, 5.41) is 2.75. The minimum Gasteiger partial charge on any atom is -0.484 e. The number of ether oxygens (including phenoxy) is 2. The predicted molar refractivity (Wildman–Crippen MR) is 108 cm³/mol. The van der Waals surface area contributed by atoms with Gasteiger partial charge in [-0.2, -0.15) is 0 Å². The SMILES string of the molecule is CCN(c1ccc(OCC(=O)N[C@H](C)COC)cc1)S(=O)(=O)c1ccccc1. The van der Waals surface area contributed by atoms with E-state index in [1.54, 1.807) is 68.6 Å². The lowest BCUT2D eigenvalue weighted by Crippen LogP contribution is -2.38. The van der Waals surface area contributed by atoms with Gasteiger partial charge in [-0.15, -0.1) is 0 Å². The molecular weight excluding hydrogens is 380 g/mol. The Bertz CT molecular complexity index is 854. The maximum atomic E-state index is 12.9. The number of rotatable bonds is 10. The molecule has 0 saturated carbocycles. The quantitative estimate of drug-likeness (QED) is 0.655. The third-order valence-corrected chi connectivity index (χ3v) is 5.85. The van der Waals surface area contributed by atoms with E-state index in [0.717, 1.165) is 0 Å². The van der Waals surface area contributed by atoms with Crippen LogP contribution in [0.2, 0.25) is 0 Å². The Labute approximate surface area is 166 Å². The first-order valence-corrected chi connectivity index (χ1v) is 10.4. The molecule has 0 aliphatic rings. The van der Waals surface area contributed by atoms with Gasteiger partial charge in [0.25, 0.3) is 15.9 Å². The fraction of sp³-hybridized carbons (Fsp3) is 0.350. The molecule has 0 aromatic heterocycles. The van der Waals surface area contributed by atoms with Gasteiger partial charge in [0.15, 0.2) is 6.61 Å². The van der Waals surface area contributed by atoms with Crippen molar-refractivity contribution < 1.29 is 22.7 Å². The number of hydrogen-bond acceptors (Lipinski definition) is 5. The third kappa shape index (κ3) is 5.71.